The molecule has 0 atom stereocenters. The first-order chi connectivity index (χ1) is 11.6. The van der Waals surface area contributed by atoms with Crippen LogP contribution in [0.3, 0.4) is 0 Å². The molecule has 0 aliphatic carbocycles. The Morgan fingerprint density at radius 2 is 1.96 bits per heavy atom. The first-order valence-corrected chi connectivity index (χ1v) is 8.72. The maximum atomic E-state index is 12.9. The van der Waals surface area contributed by atoms with Gasteiger partial charge < -0.3 is 8.83 Å². The lowest BCUT2D eigenvalue weighted by Crippen LogP contribution is -2.01. The van der Waals surface area contributed by atoms with Crippen LogP contribution in [0.25, 0.3) is 38.7 Å². The van der Waals surface area contributed by atoms with E-state index >= 15 is 0 Å². The minimum atomic E-state index is -0.298. The van der Waals surface area contributed by atoms with E-state index in [2.05, 4.69) is 15.9 Å². The third-order valence-electron chi connectivity index (χ3n) is 3.57. The summed E-state index contributed by atoms with van der Waals surface area (Å²) >= 11 is 4.31. The molecule has 1 aromatic carbocycles. The van der Waals surface area contributed by atoms with Crippen LogP contribution in [0.15, 0.2) is 61.5 Å². The number of carbonyl (C=O) groups excluding carboxylic acids is 1. The van der Waals surface area contributed by atoms with Crippen molar-refractivity contribution in [1.29, 1.82) is 0 Å². The zero-order valence-corrected chi connectivity index (χ0v) is 14.5. The van der Waals surface area contributed by atoms with Crippen molar-refractivity contribution in [3.8, 4) is 10.6 Å². The van der Waals surface area contributed by atoms with Crippen LogP contribution >= 0.6 is 27.3 Å². The summed E-state index contributed by atoms with van der Waals surface area (Å²) in [5.41, 5.74) is 0.671. The summed E-state index contributed by atoms with van der Waals surface area (Å²) in [6, 6.07) is 10.8. The molecule has 0 unspecified atom stereocenters. The van der Waals surface area contributed by atoms with Gasteiger partial charge in [0, 0.05) is 0 Å². The Morgan fingerprint density at radius 3 is 2.71 bits per heavy atom. The zero-order valence-electron chi connectivity index (χ0n) is 12.1. The summed E-state index contributed by atoms with van der Waals surface area (Å²) in [5.74, 6) is 0.797. The lowest BCUT2D eigenvalue weighted by atomic mass is 10.1. The van der Waals surface area contributed by atoms with Gasteiger partial charge in [0.1, 0.15) is 11.0 Å². The molecule has 4 nitrogen and oxygen atoms in total. The first kappa shape index (κ1) is 15.1. The molecule has 3 aromatic heterocycles. The van der Waals surface area contributed by atoms with Crippen molar-refractivity contribution in [3.05, 3.63) is 63.8 Å². The predicted molar refractivity (Wildman–Crippen MR) is 98.5 cm³/mol. The van der Waals surface area contributed by atoms with E-state index in [0.29, 0.717) is 33.5 Å². The highest BCUT2D eigenvalue weighted by atomic mass is 79.9. The van der Waals surface area contributed by atoms with Crippen molar-refractivity contribution in [2.75, 3.05) is 0 Å². The second kappa shape index (κ2) is 5.89. The van der Waals surface area contributed by atoms with E-state index in [1.54, 1.807) is 24.3 Å². The Hall–Kier alpha value is -2.44. The number of furan rings is 1. The lowest BCUT2D eigenvalue weighted by Gasteiger charge is -1.97. The Balaban J connectivity index is 2.14. The van der Waals surface area contributed by atoms with Crippen LogP contribution in [-0.2, 0) is 4.79 Å². The highest BCUT2D eigenvalue weighted by Gasteiger charge is 2.21. The van der Waals surface area contributed by atoms with E-state index in [4.69, 9.17) is 8.83 Å². The second-order valence-corrected chi connectivity index (χ2v) is 6.77. The summed E-state index contributed by atoms with van der Waals surface area (Å²) < 4.78 is 11.5. The Kier molecular flexibility index (Phi) is 3.70. The average molecular weight is 401 g/mol. The van der Waals surface area contributed by atoms with Gasteiger partial charge in [-0.15, -0.1) is 11.3 Å². The van der Waals surface area contributed by atoms with Crippen molar-refractivity contribution in [1.82, 2.24) is 0 Å². The fourth-order valence-corrected chi connectivity index (χ4v) is 3.41. The number of para-hydroxylation sites is 1. The number of carbonyl (C=O) groups is 1. The molecule has 0 bridgehead atoms. The van der Waals surface area contributed by atoms with Gasteiger partial charge in [-0.05, 0) is 51.7 Å². The number of thiophene rings is 1. The van der Waals surface area contributed by atoms with Crippen LogP contribution in [-0.4, -0.2) is 4.69 Å². The second-order valence-electron chi connectivity index (χ2n) is 5.04. The van der Waals surface area contributed by atoms with Gasteiger partial charge in [-0.1, -0.05) is 18.2 Å². The number of benzene rings is 1. The smallest absolute Gasteiger partial charge is 0.220 e. The molecule has 3 heterocycles. The normalized spacial score (nSPS) is 11.7. The zero-order chi connectivity index (χ0) is 16.7. The molecule has 0 aliphatic heterocycles. The molecule has 0 saturated carbocycles. The Labute approximate surface area is 148 Å². The quantitative estimate of drug-likeness (QED) is 0.350. The molecule has 0 radical (unpaired) electrons. The van der Waals surface area contributed by atoms with Crippen LogP contribution < -0.4 is 5.43 Å². The average Bonchev–Trinajstić information content (AvgIpc) is 3.21. The molecular formula is C18H9BrO4S. The van der Waals surface area contributed by atoms with Crippen molar-refractivity contribution in [3.63, 3.8) is 0 Å². The number of allylic oxidation sites excluding steroid dienone is 1. The maximum Gasteiger partial charge on any atom is 0.220 e. The molecular weight excluding hydrogens is 392 g/mol. The summed E-state index contributed by atoms with van der Waals surface area (Å²) in [5, 5.41) is 2.79. The minimum absolute atomic E-state index is 0.149. The Bertz CT molecular complexity index is 1150. The highest BCUT2D eigenvalue weighted by molar-refractivity contribution is 9.18. The van der Waals surface area contributed by atoms with Crippen molar-refractivity contribution >= 4 is 60.0 Å². The largest absolute Gasteiger partial charge is 0.452 e. The molecule has 24 heavy (non-hydrogen) atoms. The van der Waals surface area contributed by atoms with Gasteiger partial charge in [-0.2, -0.15) is 0 Å². The van der Waals surface area contributed by atoms with Gasteiger partial charge in [0.05, 0.1) is 10.3 Å². The van der Waals surface area contributed by atoms with Crippen LogP contribution in [0.1, 0.15) is 5.76 Å². The lowest BCUT2D eigenvalue weighted by molar-refractivity contribution is -0.106. The van der Waals surface area contributed by atoms with Gasteiger partial charge in [-0.3, -0.25) is 9.59 Å². The molecule has 4 rings (SSSR count). The predicted octanol–water partition coefficient (Wildman–Crippen LogP) is 5.20. The fraction of sp³-hybridized carbons (Fsp3) is 0. The van der Waals surface area contributed by atoms with Gasteiger partial charge in [0.2, 0.25) is 10.1 Å². The fourth-order valence-electron chi connectivity index (χ4n) is 2.56. The number of halogens is 1. The van der Waals surface area contributed by atoms with Gasteiger partial charge in [0.15, 0.2) is 17.1 Å². The van der Waals surface area contributed by atoms with Crippen LogP contribution in [0.5, 0.6) is 0 Å². The number of fused-ring (bicyclic) bond motifs is 2. The monoisotopic (exact) mass is 400 g/mol. The van der Waals surface area contributed by atoms with Crippen LogP contribution in [0, 0.1) is 0 Å². The Morgan fingerprint density at radius 1 is 1.12 bits per heavy atom. The number of hydrogen-bond acceptors (Lipinski definition) is 5. The van der Waals surface area contributed by atoms with Crippen molar-refractivity contribution in [2.45, 2.75) is 0 Å². The third-order valence-corrected chi connectivity index (χ3v) is 4.70. The van der Waals surface area contributed by atoms with E-state index in [-0.39, 0.29) is 10.1 Å². The highest BCUT2D eigenvalue weighted by Crippen LogP contribution is 2.36. The molecule has 4 aromatic rings. The summed E-state index contributed by atoms with van der Waals surface area (Å²) in [6.07, 6.45) is 2.81. The van der Waals surface area contributed by atoms with E-state index in [0.717, 1.165) is 4.88 Å². The number of hydrogen-bond donors (Lipinski definition) is 0. The molecule has 0 fully saturated rings. The van der Waals surface area contributed by atoms with Crippen LogP contribution in [0.4, 0.5) is 0 Å². The summed E-state index contributed by atoms with van der Waals surface area (Å²) in [7, 11) is 0. The standard InChI is InChI=1S/C18H9BrO4S/c19-14(20)8-7-12-17-15(18(23-12)13-6-3-9-24-13)16(21)10-4-1-2-5-11(10)22-17/h1-9H/b8-7+. The third kappa shape index (κ3) is 2.44. The van der Waals surface area contributed by atoms with E-state index in [9.17, 15) is 9.59 Å². The maximum absolute atomic E-state index is 12.9. The van der Waals surface area contributed by atoms with Gasteiger partial charge >= 0.3 is 0 Å². The number of rotatable bonds is 3. The molecule has 6 heteroatoms. The SMILES string of the molecule is O=C(Br)/C=C/c1oc(-c2cccs2)c2c(=O)c3ccccc3oc12. The van der Waals surface area contributed by atoms with E-state index < -0.39 is 0 Å². The summed E-state index contributed by atoms with van der Waals surface area (Å²) in [4.78, 5) is 24.9. The molecule has 0 N–H and O–H groups in total. The molecule has 0 aliphatic rings. The van der Waals surface area contributed by atoms with E-state index in [1.165, 1.54) is 23.5 Å². The molecule has 118 valence electrons. The molecule has 0 amide bonds. The van der Waals surface area contributed by atoms with Crippen molar-refractivity contribution < 1.29 is 13.6 Å². The minimum Gasteiger partial charge on any atom is -0.452 e. The van der Waals surface area contributed by atoms with Crippen molar-refractivity contribution in [2.24, 2.45) is 0 Å². The molecule has 0 saturated heterocycles. The van der Waals surface area contributed by atoms with Gasteiger partial charge in [-0.25, -0.2) is 0 Å². The topological polar surface area (TPSA) is 60.4 Å². The van der Waals surface area contributed by atoms with E-state index in [1.807, 2.05) is 17.5 Å². The van der Waals surface area contributed by atoms with Gasteiger partial charge in [0.25, 0.3) is 0 Å². The first-order valence-electron chi connectivity index (χ1n) is 7.05. The van der Waals surface area contributed by atoms with Crippen LogP contribution in [0.2, 0.25) is 0 Å². The molecule has 0 spiro atoms. The summed E-state index contributed by atoms with van der Waals surface area (Å²) in [6.45, 7) is 0.